The SMILES string of the molecule is COc1ccc2cc([C@H]3CN(Cc4nc(C(N)=O)no4)CCO3)ccc2c1. The van der Waals surface area contributed by atoms with Crippen LogP contribution in [0.25, 0.3) is 10.8 Å². The number of ether oxygens (including phenoxy) is 2. The van der Waals surface area contributed by atoms with Gasteiger partial charge in [-0.3, -0.25) is 9.69 Å². The summed E-state index contributed by atoms with van der Waals surface area (Å²) in [5.41, 5.74) is 6.27. The maximum Gasteiger partial charge on any atom is 0.290 e. The number of hydrogen-bond donors (Lipinski definition) is 1. The molecular formula is C19H20N4O4. The van der Waals surface area contributed by atoms with Crippen LogP contribution in [0, 0.1) is 0 Å². The lowest BCUT2D eigenvalue weighted by molar-refractivity contribution is -0.0355. The Balaban J connectivity index is 1.48. The van der Waals surface area contributed by atoms with Gasteiger partial charge in [0, 0.05) is 13.1 Å². The van der Waals surface area contributed by atoms with Gasteiger partial charge in [0.2, 0.25) is 5.89 Å². The molecule has 0 radical (unpaired) electrons. The lowest BCUT2D eigenvalue weighted by Crippen LogP contribution is -2.37. The number of morpholine rings is 1. The molecule has 1 saturated heterocycles. The number of methoxy groups -OCH3 is 1. The van der Waals surface area contributed by atoms with Gasteiger partial charge in [0.15, 0.2) is 0 Å². The van der Waals surface area contributed by atoms with Crippen LogP contribution in [0.15, 0.2) is 40.9 Å². The minimum absolute atomic E-state index is 0.0521. The fraction of sp³-hybridized carbons (Fsp3) is 0.316. The van der Waals surface area contributed by atoms with Crippen molar-refractivity contribution in [2.45, 2.75) is 12.6 Å². The normalized spacial score (nSPS) is 17.9. The topological polar surface area (TPSA) is 104 Å². The van der Waals surface area contributed by atoms with Crippen molar-refractivity contribution in [2.24, 2.45) is 5.73 Å². The van der Waals surface area contributed by atoms with Crippen molar-refractivity contribution in [1.29, 1.82) is 0 Å². The molecule has 27 heavy (non-hydrogen) atoms. The van der Waals surface area contributed by atoms with E-state index < -0.39 is 5.91 Å². The molecule has 8 nitrogen and oxygen atoms in total. The standard InChI is InChI=1S/C19H20N4O4/c1-25-15-5-4-12-8-14(3-2-13(12)9-15)16-10-23(6-7-26-16)11-17-21-19(18(20)24)22-27-17/h2-5,8-9,16H,6-7,10-11H2,1H3,(H2,20,24)/t16-/m1/s1. The van der Waals surface area contributed by atoms with Gasteiger partial charge in [-0.1, -0.05) is 23.4 Å². The highest BCUT2D eigenvalue weighted by atomic mass is 16.5. The quantitative estimate of drug-likeness (QED) is 0.733. The van der Waals surface area contributed by atoms with Crippen molar-refractivity contribution in [3.63, 3.8) is 0 Å². The molecule has 140 valence electrons. The van der Waals surface area contributed by atoms with Gasteiger partial charge in [0.25, 0.3) is 11.7 Å². The van der Waals surface area contributed by atoms with Crippen LogP contribution in [0.3, 0.4) is 0 Å². The lowest BCUT2D eigenvalue weighted by atomic mass is 10.0. The number of fused-ring (bicyclic) bond motifs is 1. The van der Waals surface area contributed by atoms with Gasteiger partial charge in [-0.25, -0.2) is 0 Å². The van der Waals surface area contributed by atoms with Crippen LogP contribution in [0.4, 0.5) is 0 Å². The number of benzene rings is 2. The number of primary amides is 1. The molecule has 1 amide bonds. The first-order valence-corrected chi connectivity index (χ1v) is 8.66. The Morgan fingerprint density at radius 2 is 2.11 bits per heavy atom. The highest BCUT2D eigenvalue weighted by Crippen LogP contribution is 2.28. The molecule has 0 saturated carbocycles. The third-order valence-corrected chi connectivity index (χ3v) is 4.64. The molecule has 0 aliphatic carbocycles. The van der Waals surface area contributed by atoms with Gasteiger partial charge in [0.05, 0.1) is 26.4 Å². The summed E-state index contributed by atoms with van der Waals surface area (Å²) in [5, 5.41) is 5.83. The highest BCUT2D eigenvalue weighted by Gasteiger charge is 2.24. The summed E-state index contributed by atoms with van der Waals surface area (Å²) in [6.07, 6.45) is -0.0521. The van der Waals surface area contributed by atoms with E-state index in [1.54, 1.807) is 7.11 Å². The van der Waals surface area contributed by atoms with Crippen LogP contribution in [-0.2, 0) is 11.3 Å². The molecule has 0 spiro atoms. The molecule has 1 aliphatic heterocycles. The molecule has 4 rings (SSSR count). The largest absolute Gasteiger partial charge is 0.497 e. The van der Waals surface area contributed by atoms with E-state index in [4.69, 9.17) is 19.7 Å². The summed E-state index contributed by atoms with van der Waals surface area (Å²) >= 11 is 0. The first-order chi connectivity index (χ1) is 13.1. The summed E-state index contributed by atoms with van der Waals surface area (Å²) in [6, 6.07) is 12.3. The first kappa shape index (κ1) is 17.4. The second-order valence-corrected chi connectivity index (χ2v) is 6.44. The van der Waals surface area contributed by atoms with Crippen molar-refractivity contribution >= 4 is 16.7 Å². The maximum atomic E-state index is 11.1. The number of nitrogens with zero attached hydrogens (tertiary/aromatic N) is 3. The van der Waals surface area contributed by atoms with Crippen molar-refractivity contribution in [3.05, 3.63) is 53.7 Å². The zero-order valence-electron chi connectivity index (χ0n) is 14.9. The van der Waals surface area contributed by atoms with Crippen LogP contribution in [0.2, 0.25) is 0 Å². The van der Waals surface area contributed by atoms with E-state index in [1.165, 1.54) is 0 Å². The summed E-state index contributed by atoms with van der Waals surface area (Å²) in [6.45, 7) is 2.48. The minimum atomic E-state index is -0.697. The van der Waals surface area contributed by atoms with Gasteiger partial charge in [0.1, 0.15) is 5.75 Å². The van der Waals surface area contributed by atoms with Gasteiger partial charge in [-0.15, -0.1) is 0 Å². The van der Waals surface area contributed by atoms with Gasteiger partial charge in [-0.2, -0.15) is 4.98 Å². The lowest BCUT2D eigenvalue weighted by Gasteiger charge is -2.32. The number of hydrogen-bond acceptors (Lipinski definition) is 7. The fourth-order valence-corrected chi connectivity index (χ4v) is 3.23. The molecule has 2 heterocycles. The summed E-state index contributed by atoms with van der Waals surface area (Å²) in [4.78, 5) is 17.3. The number of carbonyl (C=O) groups excluding carboxylic acids is 1. The van der Waals surface area contributed by atoms with E-state index in [0.29, 0.717) is 25.6 Å². The summed E-state index contributed by atoms with van der Waals surface area (Å²) in [7, 11) is 1.66. The molecule has 3 aromatic rings. The molecular weight excluding hydrogens is 348 g/mol. The van der Waals surface area contributed by atoms with Crippen LogP contribution >= 0.6 is 0 Å². The molecule has 1 aliphatic rings. The highest BCUT2D eigenvalue weighted by molar-refractivity contribution is 5.88. The van der Waals surface area contributed by atoms with E-state index in [9.17, 15) is 4.79 Å². The van der Waals surface area contributed by atoms with E-state index in [1.807, 2.05) is 18.2 Å². The Hall–Kier alpha value is -2.97. The third-order valence-electron chi connectivity index (χ3n) is 4.64. The molecule has 8 heteroatoms. The van der Waals surface area contributed by atoms with Crippen molar-refractivity contribution < 1.29 is 18.8 Å². The van der Waals surface area contributed by atoms with Crippen LogP contribution in [0.5, 0.6) is 5.75 Å². The molecule has 0 bridgehead atoms. The Morgan fingerprint density at radius 3 is 2.89 bits per heavy atom. The smallest absolute Gasteiger partial charge is 0.290 e. The first-order valence-electron chi connectivity index (χ1n) is 8.66. The molecule has 0 unspecified atom stereocenters. The molecule has 2 N–H and O–H groups in total. The summed E-state index contributed by atoms with van der Waals surface area (Å²) in [5.74, 6) is 0.415. The average Bonchev–Trinajstić information content (AvgIpc) is 3.16. The second kappa shape index (κ2) is 7.34. The van der Waals surface area contributed by atoms with E-state index in [0.717, 1.165) is 28.6 Å². The predicted octanol–water partition coefficient (Wildman–Crippen LogP) is 1.90. The van der Waals surface area contributed by atoms with E-state index in [-0.39, 0.29) is 11.9 Å². The third kappa shape index (κ3) is 3.76. The van der Waals surface area contributed by atoms with Gasteiger partial charge in [-0.05, 0) is 34.5 Å². The van der Waals surface area contributed by atoms with Crippen molar-refractivity contribution in [3.8, 4) is 5.75 Å². The van der Waals surface area contributed by atoms with Crippen LogP contribution in [-0.4, -0.2) is 47.8 Å². The molecule has 1 fully saturated rings. The number of amides is 1. The zero-order valence-corrected chi connectivity index (χ0v) is 14.9. The second-order valence-electron chi connectivity index (χ2n) is 6.44. The minimum Gasteiger partial charge on any atom is -0.497 e. The fourth-order valence-electron chi connectivity index (χ4n) is 3.23. The summed E-state index contributed by atoms with van der Waals surface area (Å²) < 4.78 is 16.3. The Kier molecular flexibility index (Phi) is 4.74. The Labute approximate surface area is 155 Å². The van der Waals surface area contributed by atoms with Crippen LogP contribution < -0.4 is 10.5 Å². The van der Waals surface area contributed by atoms with Crippen molar-refractivity contribution in [1.82, 2.24) is 15.0 Å². The van der Waals surface area contributed by atoms with E-state index in [2.05, 4.69) is 33.2 Å². The van der Waals surface area contributed by atoms with Crippen LogP contribution in [0.1, 0.15) is 28.2 Å². The number of aromatic nitrogens is 2. The van der Waals surface area contributed by atoms with Crippen molar-refractivity contribution in [2.75, 3.05) is 26.8 Å². The molecule has 1 aromatic heterocycles. The number of carbonyl (C=O) groups is 1. The Bertz CT molecular complexity index is 971. The molecule has 2 aromatic carbocycles. The maximum absolute atomic E-state index is 11.1. The number of rotatable bonds is 5. The van der Waals surface area contributed by atoms with Gasteiger partial charge >= 0.3 is 0 Å². The van der Waals surface area contributed by atoms with Gasteiger partial charge < -0.3 is 19.7 Å². The zero-order chi connectivity index (χ0) is 18.8. The number of nitrogens with two attached hydrogens (primary N) is 1. The van der Waals surface area contributed by atoms with E-state index >= 15 is 0 Å². The Morgan fingerprint density at radius 1 is 1.30 bits per heavy atom. The average molecular weight is 368 g/mol. The molecule has 1 atom stereocenters. The predicted molar refractivity (Wildman–Crippen MR) is 97.3 cm³/mol. The monoisotopic (exact) mass is 368 g/mol.